The lowest BCUT2D eigenvalue weighted by Gasteiger charge is -2.13. The zero-order chi connectivity index (χ0) is 19.7. The molecule has 7 nitrogen and oxygen atoms in total. The van der Waals surface area contributed by atoms with Gasteiger partial charge < -0.3 is 10.1 Å². The second-order valence-corrected chi connectivity index (χ2v) is 8.26. The number of hydrogen-bond donors (Lipinski definition) is 2. The Morgan fingerprint density at radius 3 is 2.25 bits per heavy atom. The summed E-state index contributed by atoms with van der Waals surface area (Å²) >= 11 is 0. The molecule has 0 spiro atoms. The summed E-state index contributed by atoms with van der Waals surface area (Å²) in [4.78, 5) is 8.98. The minimum absolute atomic E-state index is 0.0795. The predicted octanol–water partition coefficient (Wildman–Crippen LogP) is 3.04. The lowest BCUT2D eigenvalue weighted by Crippen LogP contribution is -2.11. The van der Waals surface area contributed by atoms with Crippen molar-refractivity contribution in [1.29, 1.82) is 0 Å². The van der Waals surface area contributed by atoms with Crippen molar-refractivity contribution in [3.8, 4) is 28.1 Å². The van der Waals surface area contributed by atoms with Gasteiger partial charge in [0.2, 0.25) is 15.9 Å². The fourth-order valence-electron chi connectivity index (χ4n) is 2.88. The van der Waals surface area contributed by atoms with Crippen molar-refractivity contribution in [2.45, 2.75) is 23.8 Å². The molecule has 1 fully saturated rings. The van der Waals surface area contributed by atoms with Crippen molar-refractivity contribution in [3.05, 3.63) is 54.9 Å². The Bertz CT molecular complexity index is 1090. The molecule has 2 heterocycles. The molecule has 28 heavy (non-hydrogen) atoms. The lowest BCUT2D eigenvalue weighted by atomic mass is 10.0. The number of pyridine rings is 2. The van der Waals surface area contributed by atoms with Crippen LogP contribution in [0.15, 0.2) is 59.8 Å². The van der Waals surface area contributed by atoms with E-state index in [4.69, 9.17) is 9.88 Å². The molecular weight excluding hydrogens is 376 g/mol. The first-order chi connectivity index (χ1) is 13.4. The van der Waals surface area contributed by atoms with E-state index in [1.165, 1.54) is 12.1 Å². The number of nitrogens with two attached hydrogens (primary N) is 1. The Kier molecular flexibility index (Phi) is 4.74. The van der Waals surface area contributed by atoms with Gasteiger partial charge in [-0.15, -0.1) is 0 Å². The topological polar surface area (TPSA) is 107 Å². The highest BCUT2D eigenvalue weighted by Crippen LogP contribution is 2.34. The smallest absolute Gasteiger partial charge is 0.238 e. The molecule has 0 radical (unpaired) electrons. The maximum atomic E-state index is 11.5. The Hall–Kier alpha value is -2.97. The molecule has 0 unspecified atom stereocenters. The molecule has 4 rings (SSSR count). The SMILES string of the molecule is COc1ccc(-c2cc(-c3ccc(S(N)(=O)=O)cc3)cnc2NC2CC2)cn1. The first kappa shape index (κ1) is 18.4. The summed E-state index contributed by atoms with van der Waals surface area (Å²) in [5.74, 6) is 1.35. The van der Waals surface area contributed by atoms with Crippen LogP contribution in [0.1, 0.15) is 12.8 Å². The van der Waals surface area contributed by atoms with Crippen LogP contribution in [-0.2, 0) is 10.0 Å². The van der Waals surface area contributed by atoms with Crippen LogP contribution in [0.4, 0.5) is 5.82 Å². The van der Waals surface area contributed by atoms with Crippen LogP contribution in [-0.4, -0.2) is 31.5 Å². The van der Waals surface area contributed by atoms with Crippen molar-refractivity contribution in [2.24, 2.45) is 5.14 Å². The van der Waals surface area contributed by atoms with Crippen LogP contribution >= 0.6 is 0 Å². The Morgan fingerprint density at radius 2 is 1.68 bits per heavy atom. The molecule has 3 N–H and O–H groups in total. The molecule has 1 aliphatic carbocycles. The number of nitrogens with zero attached hydrogens (tertiary/aromatic N) is 2. The maximum Gasteiger partial charge on any atom is 0.238 e. The van der Waals surface area contributed by atoms with Crippen LogP contribution in [0.3, 0.4) is 0 Å². The molecular formula is C20H20N4O3S. The van der Waals surface area contributed by atoms with E-state index in [9.17, 15) is 8.42 Å². The van der Waals surface area contributed by atoms with Crippen molar-refractivity contribution in [1.82, 2.24) is 9.97 Å². The normalized spacial score (nSPS) is 13.9. The van der Waals surface area contributed by atoms with Gasteiger partial charge in [0.05, 0.1) is 12.0 Å². The fraction of sp³-hybridized carbons (Fsp3) is 0.200. The van der Waals surface area contributed by atoms with Crippen LogP contribution < -0.4 is 15.2 Å². The number of anilines is 1. The number of nitrogens with one attached hydrogen (secondary N) is 1. The van der Waals surface area contributed by atoms with E-state index in [1.807, 2.05) is 18.2 Å². The Balaban J connectivity index is 1.74. The monoisotopic (exact) mass is 396 g/mol. The van der Waals surface area contributed by atoms with Gasteiger partial charge in [0.25, 0.3) is 0 Å². The van der Waals surface area contributed by atoms with Crippen LogP contribution in [0.5, 0.6) is 5.88 Å². The molecule has 2 aromatic heterocycles. The third-order valence-electron chi connectivity index (χ3n) is 4.58. The second-order valence-electron chi connectivity index (χ2n) is 6.70. The number of primary sulfonamides is 1. The third kappa shape index (κ3) is 3.97. The molecule has 0 aliphatic heterocycles. The minimum atomic E-state index is -3.72. The second kappa shape index (κ2) is 7.21. The Labute approximate surface area is 163 Å². The van der Waals surface area contributed by atoms with E-state index >= 15 is 0 Å². The summed E-state index contributed by atoms with van der Waals surface area (Å²) in [6.45, 7) is 0. The summed E-state index contributed by atoms with van der Waals surface area (Å²) in [5, 5.41) is 8.63. The third-order valence-corrected chi connectivity index (χ3v) is 5.51. The summed E-state index contributed by atoms with van der Waals surface area (Å²) in [6, 6.07) is 12.7. The van der Waals surface area contributed by atoms with Crippen LogP contribution in [0.2, 0.25) is 0 Å². The van der Waals surface area contributed by atoms with E-state index in [2.05, 4.69) is 15.3 Å². The maximum absolute atomic E-state index is 11.5. The molecule has 1 saturated carbocycles. The van der Waals surface area contributed by atoms with Gasteiger partial charge >= 0.3 is 0 Å². The summed E-state index contributed by atoms with van der Waals surface area (Å²) in [5.41, 5.74) is 3.56. The van der Waals surface area contributed by atoms with Crippen molar-refractivity contribution in [3.63, 3.8) is 0 Å². The first-order valence-corrected chi connectivity index (χ1v) is 10.4. The summed E-state index contributed by atoms with van der Waals surface area (Å²) in [7, 11) is -2.14. The molecule has 1 aliphatic rings. The number of sulfonamides is 1. The van der Waals surface area contributed by atoms with Crippen molar-refractivity contribution < 1.29 is 13.2 Å². The van der Waals surface area contributed by atoms with Crippen LogP contribution in [0.25, 0.3) is 22.3 Å². The zero-order valence-electron chi connectivity index (χ0n) is 15.3. The molecule has 144 valence electrons. The average Bonchev–Trinajstić information content (AvgIpc) is 3.52. The van der Waals surface area contributed by atoms with E-state index in [-0.39, 0.29) is 4.90 Å². The molecule has 0 amide bonds. The van der Waals surface area contributed by atoms with Gasteiger partial charge in [-0.2, -0.15) is 0 Å². The van der Waals surface area contributed by atoms with E-state index in [0.29, 0.717) is 11.9 Å². The fourth-order valence-corrected chi connectivity index (χ4v) is 3.39. The highest BCUT2D eigenvalue weighted by atomic mass is 32.2. The predicted molar refractivity (Wildman–Crippen MR) is 107 cm³/mol. The number of benzene rings is 1. The van der Waals surface area contributed by atoms with E-state index in [1.54, 1.807) is 31.6 Å². The molecule has 3 aromatic rings. The molecule has 8 heteroatoms. The highest BCUT2D eigenvalue weighted by Gasteiger charge is 2.23. The number of methoxy groups -OCH3 is 1. The van der Waals surface area contributed by atoms with E-state index < -0.39 is 10.0 Å². The van der Waals surface area contributed by atoms with Gasteiger partial charge in [-0.1, -0.05) is 12.1 Å². The number of aromatic nitrogens is 2. The van der Waals surface area contributed by atoms with E-state index in [0.717, 1.165) is 40.9 Å². The van der Waals surface area contributed by atoms with Gasteiger partial charge in [0.15, 0.2) is 0 Å². The number of ether oxygens (including phenoxy) is 1. The largest absolute Gasteiger partial charge is 0.481 e. The van der Waals surface area contributed by atoms with Crippen LogP contribution in [0, 0.1) is 0 Å². The average molecular weight is 396 g/mol. The minimum Gasteiger partial charge on any atom is -0.481 e. The van der Waals surface area contributed by atoms with Gasteiger partial charge in [-0.05, 0) is 42.7 Å². The standard InChI is InChI=1S/C20H20N4O3S/c1-27-19-9-4-14(11-22-19)18-10-15(12-23-20(18)24-16-5-6-16)13-2-7-17(8-3-13)28(21,25)26/h2-4,7-12,16H,5-6H2,1H3,(H,23,24)(H2,21,25,26). The molecule has 0 bridgehead atoms. The molecule has 0 saturated heterocycles. The number of hydrogen-bond acceptors (Lipinski definition) is 6. The summed E-state index contributed by atoms with van der Waals surface area (Å²) in [6.07, 6.45) is 5.80. The highest BCUT2D eigenvalue weighted by molar-refractivity contribution is 7.89. The zero-order valence-corrected chi connectivity index (χ0v) is 16.1. The lowest BCUT2D eigenvalue weighted by molar-refractivity contribution is 0.398. The van der Waals surface area contributed by atoms with Crippen molar-refractivity contribution in [2.75, 3.05) is 12.4 Å². The first-order valence-electron chi connectivity index (χ1n) is 8.84. The summed E-state index contributed by atoms with van der Waals surface area (Å²) < 4.78 is 28.1. The van der Waals surface area contributed by atoms with Gasteiger partial charge in [-0.25, -0.2) is 23.5 Å². The molecule has 1 aromatic carbocycles. The van der Waals surface area contributed by atoms with Gasteiger partial charge in [0, 0.05) is 41.2 Å². The van der Waals surface area contributed by atoms with Crippen molar-refractivity contribution >= 4 is 15.8 Å². The number of rotatable bonds is 6. The molecule has 0 atom stereocenters. The quantitative estimate of drug-likeness (QED) is 0.663. The van der Waals surface area contributed by atoms with Gasteiger partial charge in [-0.3, -0.25) is 0 Å². The Morgan fingerprint density at radius 1 is 1.00 bits per heavy atom. The van der Waals surface area contributed by atoms with Gasteiger partial charge in [0.1, 0.15) is 5.82 Å².